The first-order valence-corrected chi connectivity index (χ1v) is 9.46. The van der Waals surface area contributed by atoms with Gasteiger partial charge in [-0.05, 0) is 49.6 Å². The molecule has 6 heteroatoms. The zero-order chi connectivity index (χ0) is 19.8. The SMILES string of the molecule is CC1=C(NC(=O)C2C=CC3=C(C2)OCO3)C=CCC1c1cc(C)c(=O)n(C)c1. The van der Waals surface area contributed by atoms with Crippen molar-refractivity contribution < 1.29 is 14.3 Å². The molecule has 0 saturated carbocycles. The van der Waals surface area contributed by atoms with Gasteiger partial charge in [-0.25, -0.2) is 0 Å². The number of rotatable bonds is 3. The van der Waals surface area contributed by atoms with Crippen molar-refractivity contribution in [1.29, 1.82) is 0 Å². The molecule has 0 saturated heterocycles. The van der Waals surface area contributed by atoms with Gasteiger partial charge in [0.1, 0.15) is 5.76 Å². The highest BCUT2D eigenvalue weighted by Crippen LogP contribution is 2.34. The summed E-state index contributed by atoms with van der Waals surface area (Å²) in [5.74, 6) is 1.26. The Bertz CT molecular complexity index is 984. The van der Waals surface area contributed by atoms with E-state index in [9.17, 15) is 9.59 Å². The molecule has 146 valence electrons. The summed E-state index contributed by atoms with van der Waals surface area (Å²) in [5, 5.41) is 3.07. The Morgan fingerprint density at radius 2 is 2.07 bits per heavy atom. The molecule has 0 bridgehead atoms. The van der Waals surface area contributed by atoms with Crippen molar-refractivity contribution >= 4 is 5.91 Å². The van der Waals surface area contributed by atoms with Gasteiger partial charge in [0.2, 0.25) is 12.7 Å². The zero-order valence-corrected chi connectivity index (χ0v) is 16.3. The summed E-state index contributed by atoms with van der Waals surface area (Å²) >= 11 is 0. The lowest BCUT2D eigenvalue weighted by Crippen LogP contribution is -2.31. The van der Waals surface area contributed by atoms with Crippen LogP contribution in [-0.2, 0) is 21.3 Å². The molecular weight excluding hydrogens is 356 g/mol. The van der Waals surface area contributed by atoms with Crippen LogP contribution in [-0.4, -0.2) is 17.3 Å². The lowest BCUT2D eigenvalue weighted by molar-refractivity contribution is -0.123. The van der Waals surface area contributed by atoms with Gasteiger partial charge < -0.3 is 19.4 Å². The average Bonchev–Trinajstić information content (AvgIpc) is 3.15. The molecule has 2 aliphatic carbocycles. The van der Waals surface area contributed by atoms with Gasteiger partial charge in [0.05, 0.1) is 5.92 Å². The molecule has 2 unspecified atom stereocenters. The molecule has 0 radical (unpaired) electrons. The smallest absolute Gasteiger partial charge is 0.253 e. The Morgan fingerprint density at radius 1 is 1.25 bits per heavy atom. The fourth-order valence-corrected chi connectivity index (χ4v) is 3.94. The number of aromatic nitrogens is 1. The number of amides is 1. The van der Waals surface area contributed by atoms with Crippen LogP contribution in [0.15, 0.2) is 64.2 Å². The molecule has 1 aromatic heterocycles. The Labute approximate surface area is 163 Å². The highest BCUT2D eigenvalue weighted by Gasteiger charge is 2.28. The van der Waals surface area contributed by atoms with E-state index in [1.807, 2.05) is 44.3 Å². The van der Waals surface area contributed by atoms with Crippen molar-refractivity contribution in [3.8, 4) is 0 Å². The van der Waals surface area contributed by atoms with E-state index in [1.54, 1.807) is 11.6 Å². The largest absolute Gasteiger partial charge is 0.458 e. The standard InChI is InChI=1S/C22H24N2O4/c1-13-9-16(11-24(3)22(13)26)17-5-4-6-18(14(17)2)23-21(25)15-7-8-19-20(10-15)28-12-27-19/h4,6-9,11,15,17H,5,10,12H2,1-3H3,(H,23,25). The molecule has 28 heavy (non-hydrogen) atoms. The zero-order valence-electron chi connectivity index (χ0n) is 16.3. The summed E-state index contributed by atoms with van der Waals surface area (Å²) in [4.78, 5) is 24.8. The van der Waals surface area contributed by atoms with Gasteiger partial charge >= 0.3 is 0 Å². The second-order valence-corrected chi connectivity index (χ2v) is 7.51. The molecule has 1 amide bonds. The number of ether oxygens (including phenoxy) is 2. The summed E-state index contributed by atoms with van der Waals surface area (Å²) in [5.41, 5.74) is 3.74. The van der Waals surface area contributed by atoms with Crippen molar-refractivity contribution in [1.82, 2.24) is 9.88 Å². The third kappa shape index (κ3) is 3.30. The molecule has 4 rings (SSSR count). The summed E-state index contributed by atoms with van der Waals surface area (Å²) in [7, 11) is 1.77. The minimum Gasteiger partial charge on any atom is -0.458 e. The van der Waals surface area contributed by atoms with E-state index >= 15 is 0 Å². The van der Waals surface area contributed by atoms with Crippen molar-refractivity contribution in [2.75, 3.05) is 6.79 Å². The van der Waals surface area contributed by atoms with Crippen LogP contribution < -0.4 is 10.9 Å². The number of carbonyl (C=O) groups is 1. The second-order valence-electron chi connectivity index (χ2n) is 7.51. The Kier molecular flexibility index (Phi) is 4.71. The van der Waals surface area contributed by atoms with Crippen LogP contribution in [0.3, 0.4) is 0 Å². The molecule has 0 aromatic carbocycles. The van der Waals surface area contributed by atoms with Crippen molar-refractivity contribution in [2.24, 2.45) is 13.0 Å². The van der Waals surface area contributed by atoms with E-state index in [0.29, 0.717) is 6.42 Å². The molecule has 1 aliphatic heterocycles. The molecule has 1 aromatic rings. The first kappa shape index (κ1) is 18.3. The number of hydrogen-bond donors (Lipinski definition) is 1. The number of hydrogen-bond acceptors (Lipinski definition) is 4. The van der Waals surface area contributed by atoms with Gasteiger partial charge in [0.25, 0.3) is 5.56 Å². The van der Waals surface area contributed by atoms with Gasteiger partial charge in [-0.3, -0.25) is 9.59 Å². The highest BCUT2D eigenvalue weighted by molar-refractivity contribution is 5.83. The maximum absolute atomic E-state index is 12.8. The molecule has 0 fully saturated rings. The Morgan fingerprint density at radius 3 is 2.86 bits per heavy atom. The molecule has 0 spiro atoms. The number of aryl methyl sites for hydroxylation is 2. The Hall–Kier alpha value is -3.02. The van der Waals surface area contributed by atoms with Crippen LogP contribution in [0.2, 0.25) is 0 Å². The van der Waals surface area contributed by atoms with Gasteiger partial charge in [-0.2, -0.15) is 0 Å². The van der Waals surface area contributed by atoms with E-state index in [1.165, 1.54) is 0 Å². The van der Waals surface area contributed by atoms with Crippen LogP contribution in [0, 0.1) is 12.8 Å². The quantitative estimate of drug-likeness (QED) is 0.875. The van der Waals surface area contributed by atoms with E-state index < -0.39 is 0 Å². The first-order chi connectivity index (χ1) is 13.4. The lowest BCUT2D eigenvalue weighted by atomic mass is 9.85. The second kappa shape index (κ2) is 7.19. The third-order valence-electron chi connectivity index (χ3n) is 5.59. The van der Waals surface area contributed by atoms with Gasteiger partial charge in [-0.15, -0.1) is 0 Å². The van der Waals surface area contributed by atoms with Crippen LogP contribution in [0.4, 0.5) is 0 Å². The number of nitrogens with one attached hydrogen (secondary N) is 1. The minimum absolute atomic E-state index is 0.0149. The van der Waals surface area contributed by atoms with E-state index in [2.05, 4.69) is 11.4 Å². The molecule has 3 aliphatic rings. The maximum Gasteiger partial charge on any atom is 0.253 e. The fraction of sp³-hybridized carbons (Fsp3) is 0.364. The van der Waals surface area contributed by atoms with Crippen molar-refractivity contribution in [2.45, 2.75) is 32.6 Å². The molecule has 2 atom stereocenters. The Balaban J connectivity index is 1.53. The van der Waals surface area contributed by atoms with Gasteiger partial charge in [0.15, 0.2) is 5.76 Å². The minimum atomic E-state index is -0.283. The molecule has 6 nitrogen and oxygen atoms in total. The highest BCUT2D eigenvalue weighted by atomic mass is 16.7. The first-order valence-electron chi connectivity index (χ1n) is 9.46. The number of nitrogens with zero attached hydrogens (tertiary/aromatic N) is 1. The van der Waals surface area contributed by atoms with Crippen molar-refractivity contribution in [3.63, 3.8) is 0 Å². The van der Waals surface area contributed by atoms with E-state index in [4.69, 9.17) is 9.47 Å². The topological polar surface area (TPSA) is 69.6 Å². The monoisotopic (exact) mass is 380 g/mol. The fourth-order valence-electron chi connectivity index (χ4n) is 3.94. The summed E-state index contributed by atoms with van der Waals surface area (Å²) in [6.45, 7) is 4.09. The normalized spacial score (nSPS) is 23.4. The summed E-state index contributed by atoms with van der Waals surface area (Å²) in [6, 6.07) is 1.95. The predicted molar refractivity (Wildman–Crippen MR) is 105 cm³/mol. The molecule has 2 heterocycles. The van der Waals surface area contributed by atoms with E-state index in [-0.39, 0.29) is 30.1 Å². The summed E-state index contributed by atoms with van der Waals surface area (Å²) < 4.78 is 12.4. The summed E-state index contributed by atoms with van der Waals surface area (Å²) in [6.07, 6.45) is 10.9. The number of allylic oxidation sites excluding steroid dienone is 5. The van der Waals surface area contributed by atoms with Gasteiger partial charge in [-0.1, -0.05) is 12.2 Å². The predicted octanol–water partition coefficient (Wildman–Crippen LogP) is 2.92. The number of pyridine rings is 1. The van der Waals surface area contributed by atoms with Crippen LogP contribution >= 0.6 is 0 Å². The average molecular weight is 380 g/mol. The maximum atomic E-state index is 12.8. The van der Waals surface area contributed by atoms with Crippen LogP contribution in [0.1, 0.15) is 36.8 Å². The molecular formula is C22H24N2O4. The van der Waals surface area contributed by atoms with Crippen LogP contribution in [0.25, 0.3) is 0 Å². The molecule has 1 N–H and O–H groups in total. The lowest BCUT2D eigenvalue weighted by Gasteiger charge is -2.25. The number of carbonyl (C=O) groups excluding carboxylic acids is 1. The van der Waals surface area contributed by atoms with E-state index in [0.717, 1.165) is 40.3 Å². The third-order valence-corrected chi connectivity index (χ3v) is 5.59. The van der Waals surface area contributed by atoms with Crippen molar-refractivity contribution in [3.05, 3.63) is 80.8 Å². The van der Waals surface area contributed by atoms with Crippen LogP contribution in [0.5, 0.6) is 0 Å². The van der Waals surface area contributed by atoms with Gasteiger partial charge in [0, 0.05) is 36.8 Å².